The Morgan fingerprint density at radius 2 is 1.73 bits per heavy atom. The molecule has 1 unspecified atom stereocenters. The lowest BCUT2D eigenvalue weighted by atomic mass is 9.74. The summed E-state index contributed by atoms with van der Waals surface area (Å²) < 4.78 is 12.6. The first-order chi connectivity index (χ1) is 19.8. The largest absolute Gasteiger partial charge is 0.465 e. The Kier molecular flexibility index (Phi) is 7.26. The van der Waals surface area contributed by atoms with Crippen LogP contribution in [0.15, 0.2) is 78.9 Å². The summed E-state index contributed by atoms with van der Waals surface area (Å²) in [6.07, 6.45) is 9.76. The maximum Gasteiger partial charge on any atom is 0.313 e. The summed E-state index contributed by atoms with van der Waals surface area (Å²) in [6.45, 7) is 1.80. The Balaban J connectivity index is 1.55. The first-order valence-electron chi connectivity index (χ1n) is 14.1. The Labute approximate surface area is 244 Å². The molecule has 4 aliphatic heterocycles. The molecule has 41 heavy (non-hydrogen) atoms. The van der Waals surface area contributed by atoms with Gasteiger partial charge in [-0.3, -0.25) is 14.4 Å². The average Bonchev–Trinajstić information content (AvgIpc) is 3.30. The number of nitrogens with zero attached hydrogens (tertiary/aromatic N) is 2. The van der Waals surface area contributed by atoms with Gasteiger partial charge in [-0.1, -0.05) is 78.4 Å². The van der Waals surface area contributed by atoms with Crippen LogP contribution in [0.2, 0.25) is 5.02 Å². The number of para-hydroxylation sites is 1. The predicted molar refractivity (Wildman–Crippen MR) is 153 cm³/mol. The minimum Gasteiger partial charge on any atom is -0.465 e. The van der Waals surface area contributed by atoms with Gasteiger partial charge in [-0.15, -0.1) is 0 Å². The number of carbonyl (C=O) groups excluding carboxylic acids is 3. The average molecular weight is 577 g/mol. The van der Waals surface area contributed by atoms with E-state index < -0.39 is 59.5 Å². The molecule has 0 aliphatic carbocycles. The Bertz CT molecular complexity index is 1410. The Morgan fingerprint density at radius 3 is 2.49 bits per heavy atom. The molecule has 0 bridgehead atoms. The predicted octanol–water partition coefficient (Wildman–Crippen LogP) is 4.23. The highest BCUT2D eigenvalue weighted by Gasteiger charge is 2.75. The number of allylic oxidation sites excluding steroid dienone is 1. The third kappa shape index (κ3) is 4.40. The lowest BCUT2D eigenvalue weighted by Crippen LogP contribution is -2.57. The van der Waals surface area contributed by atoms with E-state index in [-0.39, 0.29) is 13.2 Å². The molecule has 2 saturated heterocycles. The normalized spacial score (nSPS) is 33.0. The zero-order valence-electron chi connectivity index (χ0n) is 22.8. The zero-order valence-corrected chi connectivity index (χ0v) is 23.6. The van der Waals surface area contributed by atoms with Crippen molar-refractivity contribution < 1.29 is 29.0 Å². The van der Waals surface area contributed by atoms with Crippen LogP contribution < -0.4 is 4.90 Å². The second-order valence-electron chi connectivity index (χ2n) is 11.2. The highest BCUT2D eigenvalue weighted by molar-refractivity contribution is 6.34. The number of ether oxygens (including phenoxy) is 2. The van der Waals surface area contributed by atoms with E-state index in [9.17, 15) is 19.5 Å². The number of cyclic esters (lactones) is 1. The minimum absolute atomic E-state index is 0.190. The van der Waals surface area contributed by atoms with Crippen LogP contribution >= 0.6 is 11.6 Å². The van der Waals surface area contributed by atoms with Crippen LogP contribution in [0.1, 0.15) is 37.8 Å². The number of likely N-dealkylation sites (tertiary alicyclic amines) is 1. The molecule has 214 valence electrons. The molecule has 0 aromatic heterocycles. The molecule has 0 radical (unpaired) electrons. The summed E-state index contributed by atoms with van der Waals surface area (Å²) in [6, 6.07) is 14.1. The second-order valence-corrected chi connectivity index (χ2v) is 11.6. The molecule has 2 aromatic carbocycles. The highest BCUT2D eigenvalue weighted by atomic mass is 35.5. The number of hydrogen-bond donors (Lipinski definition) is 1. The fourth-order valence-electron chi connectivity index (χ4n) is 6.99. The number of benzene rings is 2. The van der Waals surface area contributed by atoms with Crippen molar-refractivity contribution in [3.63, 3.8) is 0 Å². The quantitative estimate of drug-likeness (QED) is 0.432. The summed E-state index contributed by atoms with van der Waals surface area (Å²) in [5, 5.41) is 11.1. The molecule has 2 aromatic rings. The second kappa shape index (κ2) is 10.7. The van der Waals surface area contributed by atoms with Crippen LogP contribution in [0, 0.1) is 11.8 Å². The summed E-state index contributed by atoms with van der Waals surface area (Å²) in [4.78, 5) is 46.0. The van der Waals surface area contributed by atoms with E-state index in [4.69, 9.17) is 21.1 Å². The molecule has 6 rings (SSSR count). The minimum atomic E-state index is -1.48. The maximum atomic E-state index is 14.7. The molecule has 1 N–H and O–H groups in total. The number of halogens is 1. The topological polar surface area (TPSA) is 96.4 Å². The molecule has 6 atom stereocenters. The van der Waals surface area contributed by atoms with Gasteiger partial charge in [0.05, 0.1) is 41.5 Å². The van der Waals surface area contributed by atoms with Crippen LogP contribution in [0.4, 0.5) is 5.69 Å². The number of aliphatic hydroxyl groups is 1. The van der Waals surface area contributed by atoms with Gasteiger partial charge in [-0.25, -0.2) is 0 Å². The Morgan fingerprint density at radius 1 is 0.976 bits per heavy atom. The van der Waals surface area contributed by atoms with Crippen LogP contribution in [-0.2, 0) is 23.9 Å². The van der Waals surface area contributed by atoms with Crippen molar-refractivity contribution >= 4 is 35.1 Å². The summed E-state index contributed by atoms with van der Waals surface area (Å²) in [7, 11) is 0. The molecule has 2 amide bonds. The van der Waals surface area contributed by atoms with Gasteiger partial charge in [0, 0.05) is 6.54 Å². The third-order valence-electron chi connectivity index (χ3n) is 8.77. The summed E-state index contributed by atoms with van der Waals surface area (Å²) >= 11 is 6.55. The first kappa shape index (κ1) is 27.7. The van der Waals surface area contributed by atoms with Gasteiger partial charge in [-0.2, -0.15) is 0 Å². The number of hydrogen-bond acceptors (Lipinski definition) is 6. The standard InChI is InChI=1S/C32H33ClN2O6/c1-31-16-9-2-3-10-19-40-30(39)26(31)25-28(37)35(24(20-36)21-12-5-4-6-13-21)27-29(38)34(18-11-17-32(25,27)41-31)23-15-8-7-14-22(23)33/h4-9,11-17,24-27,36H,2-3,10,18-20H2,1H3/b16-9-/t24-,25+,26+,27?,31-,32+/m1/s1. The van der Waals surface area contributed by atoms with Gasteiger partial charge in [0.1, 0.15) is 17.6 Å². The number of fused-ring (bicyclic) bond motifs is 2. The van der Waals surface area contributed by atoms with E-state index >= 15 is 0 Å². The lowest BCUT2D eigenvalue weighted by molar-refractivity contribution is -0.160. The molecular formula is C32H33ClN2O6. The number of carbonyl (C=O) groups is 3. The molecule has 4 heterocycles. The third-order valence-corrected chi connectivity index (χ3v) is 9.09. The maximum absolute atomic E-state index is 14.7. The van der Waals surface area contributed by atoms with Crippen molar-refractivity contribution in [3.8, 4) is 0 Å². The van der Waals surface area contributed by atoms with Crippen LogP contribution in [0.25, 0.3) is 0 Å². The number of aliphatic hydroxyl groups excluding tert-OH is 1. The van der Waals surface area contributed by atoms with Crippen molar-refractivity contribution in [1.82, 2.24) is 4.90 Å². The van der Waals surface area contributed by atoms with Crippen LogP contribution in [0.3, 0.4) is 0 Å². The Hall–Kier alpha value is -3.46. The van der Waals surface area contributed by atoms with E-state index in [1.807, 2.05) is 42.5 Å². The van der Waals surface area contributed by atoms with Gasteiger partial charge in [0.2, 0.25) is 5.91 Å². The zero-order chi connectivity index (χ0) is 28.8. The van der Waals surface area contributed by atoms with E-state index in [2.05, 4.69) is 0 Å². The molecule has 2 fully saturated rings. The van der Waals surface area contributed by atoms with E-state index in [0.29, 0.717) is 22.7 Å². The molecule has 1 spiro atoms. The van der Waals surface area contributed by atoms with Crippen molar-refractivity contribution in [3.05, 3.63) is 89.5 Å². The van der Waals surface area contributed by atoms with Crippen molar-refractivity contribution in [2.75, 3.05) is 24.7 Å². The van der Waals surface area contributed by atoms with Gasteiger partial charge >= 0.3 is 5.97 Å². The molecule has 4 aliphatic rings. The fraction of sp³-hybridized carbons (Fsp3) is 0.406. The van der Waals surface area contributed by atoms with Crippen LogP contribution in [0.5, 0.6) is 0 Å². The van der Waals surface area contributed by atoms with Gasteiger partial charge in [0.25, 0.3) is 5.91 Å². The smallest absolute Gasteiger partial charge is 0.313 e. The van der Waals surface area contributed by atoms with Gasteiger partial charge in [-0.05, 0) is 43.9 Å². The molecule has 8 nitrogen and oxygen atoms in total. The molecule has 0 saturated carbocycles. The number of rotatable bonds is 4. The van der Waals surface area contributed by atoms with Crippen molar-refractivity contribution in [2.24, 2.45) is 11.8 Å². The van der Waals surface area contributed by atoms with Gasteiger partial charge in [0.15, 0.2) is 0 Å². The number of amides is 2. The summed E-state index contributed by atoms with van der Waals surface area (Å²) in [5.74, 6) is -3.40. The van der Waals surface area contributed by atoms with Crippen molar-refractivity contribution in [2.45, 2.75) is 49.5 Å². The van der Waals surface area contributed by atoms with Crippen molar-refractivity contribution in [1.29, 1.82) is 0 Å². The first-order valence-corrected chi connectivity index (χ1v) is 14.5. The number of esters is 1. The van der Waals surface area contributed by atoms with E-state index in [0.717, 1.165) is 12.8 Å². The molecule has 9 heteroatoms. The molecular weight excluding hydrogens is 544 g/mol. The lowest BCUT2D eigenvalue weighted by Gasteiger charge is -2.40. The fourth-order valence-corrected chi connectivity index (χ4v) is 7.23. The van der Waals surface area contributed by atoms with E-state index in [1.54, 1.807) is 43.3 Å². The monoisotopic (exact) mass is 576 g/mol. The van der Waals surface area contributed by atoms with Crippen LogP contribution in [-0.4, -0.2) is 64.8 Å². The van der Waals surface area contributed by atoms with E-state index in [1.165, 1.54) is 9.80 Å². The SMILES string of the molecule is C[C@@]12/C=C\CCCCOC(=O)[C@@H]1[C@H]1C(=O)N([C@H](CO)c3ccccc3)C3C(=O)N(c4ccccc4Cl)CC=C[C@@]31O2. The number of anilines is 1. The van der Waals surface area contributed by atoms with Gasteiger partial charge < -0.3 is 24.4 Å². The highest BCUT2D eigenvalue weighted by Crippen LogP contribution is 2.58. The summed E-state index contributed by atoms with van der Waals surface area (Å²) in [5.41, 5.74) is -1.51.